The highest BCUT2D eigenvalue weighted by Gasteiger charge is 2.39. The van der Waals surface area contributed by atoms with Crippen molar-refractivity contribution in [3.8, 4) is 0 Å². The number of hydrogen-bond donors (Lipinski definition) is 2. The van der Waals surface area contributed by atoms with Gasteiger partial charge >= 0.3 is 0 Å². The Morgan fingerprint density at radius 3 is 2.63 bits per heavy atom. The summed E-state index contributed by atoms with van der Waals surface area (Å²) in [5.74, 6) is 0.950. The molecule has 1 heterocycles. The van der Waals surface area contributed by atoms with E-state index in [-0.39, 0.29) is 5.75 Å². The minimum absolute atomic E-state index is 0.000704. The molecule has 0 amide bonds. The molecule has 0 aromatic heterocycles. The minimum atomic E-state index is -3.26. The number of aliphatic imine (C=N–C) groups is 1. The summed E-state index contributed by atoms with van der Waals surface area (Å²) in [7, 11) is 0.0251. The largest absolute Gasteiger partial charge is 0.352 e. The summed E-state index contributed by atoms with van der Waals surface area (Å²) in [6.45, 7) is 2.82. The normalized spacial score (nSPS) is 20.2. The van der Waals surface area contributed by atoms with Gasteiger partial charge in [-0.3, -0.25) is 4.99 Å². The summed E-state index contributed by atoms with van der Waals surface area (Å²) in [5.41, 5.74) is 2.35. The van der Waals surface area contributed by atoms with Crippen molar-refractivity contribution in [2.24, 2.45) is 10.4 Å². The SMILES string of the molecule is CN=C(NCc1cccc(CS(=O)(=O)NC)c1)N1CCC2(CCCCC2)C1. The van der Waals surface area contributed by atoms with Gasteiger partial charge in [0, 0.05) is 26.7 Å². The molecule has 1 spiro atoms. The third-order valence-electron chi connectivity index (χ3n) is 5.97. The number of hydrogen-bond acceptors (Lipinski definition) is 3. The van der Waals surface area contributed by atoms with E-state index < -0.39 is 10.0 Å². The standard InChI is InChI=1S/C20H32N4O2S/c1-21-19(24-12-11-20(16-24)9-4-3-5-10-20)23-14-17-7-6-8-18(13-17)15-27(25,26)22-2/h6-8,13,22H,3-5,9-12,14-16H2,1-2H3,(H,21,23). The third-order valence-corrected chi connectivity index (χ3v) is 7.31. The number of benzene rings is 1. The van der Waals surface area contributed by atoms with Crippen LogP contribution in [0.15, 0.2) is 29.3 Å². The van der Waals surface area contributed by atoms with Gasteiger partial charge < -0.3 is 10.2 Å². The van der Waals surface area contributed by atoms with E-state index in [9.17, 15) is 8.42 Å². The molecule has 3 rings (SSSR count). The zero-order chi connectivity index (χ0) is 19.3. The molecule has 1 aliphatic heterocycles. The molecular formula is C20H32N4O2S. The predicted molar refractivity (Wildman–Crippen MR) is 110 cm³/mol. The lowest BCUT2D eigenvalue weighted by Gasteiger charge is -2.33. The molecule has 1 saturated carbocycles. The van der Waals surface area contributed by atoms with Crippen molar-refractivity contribution in [1.82, 2.24) is 14.9 Å². The molecule has 7 heteroatoms. The Kier molecular flexibility index (Phi) is 6.42. The van der Waals surface area contributed by atoms with E-state index in [1.165, 1.54) is 45.6 Å². The molecule has 150 valence electrons. The van der Waals surface area contributed by atoms with Crippen molar-refractivity contribution < 1.29 is 8.42 Å². The van der Waals surface area contributed by atoms with Gasteiger partial charge in [-0.25, -0.2) is 13.1 Å². The number of rotatable bonds is 5. The Bertz CT molecular complexity index is 770. The fourth-order valence-electron chi connectivity index (χ4n) is 4.46. The molecule has 0 unspecified atom stereocenters. The van der Waals surface area contributed by atoms with Gasteiger partial charge in [0.05, 0.1) is 5.75 Å². The zero-order valence-corrected chi connectivity index (χ0v) is 17.3. The summed E-state index contributed by atoms with van der Waals surface area (Å²) >= 11 is 0. The summed E-state index contributed by atoms with van der Waals surface area (Å²) in [4.78, 5) is 6.87. The highest BCUT2D eigenvalue weighted by molar-refractivity contribution is 7.88. The number of likely N-dealkylation sites (tertiary alicyclic amines) is 1. The number of nitrogens with zero attached hydrogens (tertiary/aromatic N) is 2. The van der Waals surface area contributed by atoms with Crippen LogP contribution in [-0.2, 0) is 22.3 Å². The van der Waals surface area contributed by atoms with E-state index in [0.29, 0.717) is 12.0 Å². The maximum Gasteiger partial charge on any atom is 0.215 e. The van der Waals surface area contributed by atoms with Gasteiger partial charge in [-0.15, -0.1) is 0 Å². The molecule has 6 nitrogen and oxygen atoms in total. The first kappa shape index (κ1) is 20.1. The van der Waals surface area contributed by atoms with Crippen molar-refractivity contribution in [2.75, 3.05) is 27.2 Å². The van der Waals surface area contributed by atoms with E-state index in [2.05, 4.69) is 19.9 Å². The topological polar surface area (TPSA) is 73.8 Å². The van der Waals surface area contributed by atoms with Crippen LogP contribution in [0.5, 0.6) is 0 Å². The summed E-state index contributed by atoms with van der Waals surface area (Å²) in [6.07, 6.45) is 8.08. The lowest BCUT2D eigenvalue weighted by molar-refractivity contribution is 0.203. The average molecular weight is 393 g/mol. The van der Waals surface area contributed by atoms with Crippen molar-refractivity contribution in [3.63, 3.8) is 0 Å². The van der Waals surface area contributed by atoms with E-state index >= 15 is 0 Å². The van der Waals surface area contributed by atoms with Gasteiger partial charge in [0.1, 0.15) is 0 Å². The first-order valence-electron chi connectivity index (χ1n) is 9.90. The van der Waals surface area contributed by atoms with Crippen LogP contribution in [0.25, 0.3) is 0 Å². The smallest absolute Gasteiger partial charge is 0.215 e. The molecule has 2 N–H and O–H groups in total. The quantitative estimate of drug-likeness (QED) is 0.596. The van der Waals surface area contributed by atoms with Gasteiger partial charge in [0.15, 0.2) is 5.96 Å². The molecule has 0 radical (unpaired) electrons. The zero-order valence-electron chi connectivity index (χ0n) is 16.5. The van der Waals surface area contributed by atoms with Gasteiger partial charge in [-0.05, 0) is 42.9 Å². The van der Waals surface area contributed by atoms with Crippen LogP contribution in [0.4, 0.5) is 0 Å². The van der Waals surface area contributed by atoms with E-state index in [4.69, 9.17) is 0 Å². The first-order chi connectivity index (χ1) is 13.0. The molecule has 1 saturated heterocycles. The minimum Gasteiger partial charge on any atom is -0.352 e. The van der Waals surface area contributed by atoms with Gasteiger partial charge in [-0.1, -0.05) is 43.5 Å². The van der Waals surface area contributed by atoms with Crippen LogP contribution in [0, 0.1) is 5.41 Å². The first-order valence-corrected chi connectivity index (χ1v) is 11.6. The Balaban J connectivity index is 1.59. The second kappa shape index (κ2) is 8.61. The van der Waals surface area contributed by atoms with E-state index in [1.807, 2.05) is 31.3 Å². The number of nitrogens with one attached hydrogen (secondary N) is 2. The van der Waals surface area contributed by atoms with Crippen molar-refractivity contribution >= 4 is 16.0 Å². The fourth-order valence-corrected chi connectivity index (χ4v) is 5.22. The second-order valence-corrected chi connectivity index (χ2v) is 9.84. The Morgan fingerprint density at radius 1 is 1.19 bits per heavy atom. The summed E-state index contributed by atoms with van der Waals surface area (Å²) in [6, 6.07) is 7.72. The molecular weight excluding hydrogens is 360 g/mol. The van der Waals surface area contributed by atoms with E-state index in [1.54, 1.807) is 0 Å². The molecule has 1 aromatic carbocycles. The second-order valence-electron chi connectivity index (χ2n) is 7.92. The predicted octanol–water partition coefficient (Wildman–Crippen LogP) is 2.47. The van der Waals surface area contributed by atoms with Crippen molar-refractivity contribution in [1.29, 1.82) is 0 Å². The summed E-state index contributed by atoms with van der Waals surface area (Å²) < 4.78 is 25.9. The van der Waals surface area contributed by atoms with Gasteiger partial charge in [-0.2, -0.15) is 0 Å². The van der Waals surface area contributed by atoms with Crippen LogP contribution >= 0.6 is 0 Å². The third kappa shape index (κ3) is 5.23. The van der Waals surface area contributed by atoms with Crippen LogP contribution < -0.4 is 10.0 Å². The molecule has 27 heavy (non-hydrogen) atoms. The lowest BCUT2D eigenvalue weighted by Crippen LogP contribution is -2.41. The maximum absolute atomic E-state index is 11.8. The van der Waals surface area contributed by atoms with Crippen LogP contribution in [0.3, 0.4) is 0 Å². The van der Waals surface area contributed by atoms with Crippen LogP contribution in [0.1, 0.15) is 49.7 Å². The van der Waals surface area contributed by atoms with Crippen LogP contribution in [0.2, 0.25) is 0 Å². The van der Waals surface area contributed by atoms with Crippen molar-refractivity contribution in [2.45, 2.75) is 50.8 Å². The highest BCUT2D eigenvalue weighted by Crippen LogP contribution is 2.43. The molecule has 2 fully saturated rings. The monoisotopic (exact) mass is 392 g/mol. The van der Waals surface area contributed by atoms with Gasteiger partial charge in [0.25, 0.3) is 0 Å². The fraction of sp³-hybridized carbons (Fsp3) is 0.650. The molecule has 0 atom stereocenters. The maximum atomic E-state index is 11.8. The Labute approximate surface area is 163 Å². The Morgan fingerprint density at radius 2 is 1.93 bits per heavy atom. The average Bonchev–Trinajstić information content (AvgIpc) is 3.06. The van der Waals surface area contributed by atoms with Crippen molar-refractivity contribution in [3.05, 3.63) is 35.4 Å². The van der Waals surface area contributed by atoms with Crippen LogP contribution in [-0.4, -0.2) is 46.5 Å². The van der Waals surface area contributed by atoms with E-state index in [0.717, 1.165) is 30.2 Å². The number of sulfonamides is 1. The highest BCUT2D eigenvalue weighted by atomic mass is 32.2. The number of guanidine groups is 1. The molecule has 0 bridgehead atoms. The summed E-state index contributed by atoms with van der Waals surface area (Å²) in [5, 5.41) is 3.46. The Hall–Kier alpha value is -1.60. The molecule has 1 aliphatic carbocycles. The molecule has 1 aromatic rings. The molecule has 2 aliphatic rings. The van der Waals surface area contributed by atoms with Gasteiger partial charge in [0.2, 0.25) is 10.0 Å². The lowest BCUT2D eigenvalue weighted by atomic mass is 9.73.